The third-order valence-corrected chi connectivity index (χ3v) is 3.93. The number of nitrogens with one attached hydrogen (secondary N) is 1. The van der Waals surface area contributed by atoms with E-state index in [0.29, 0.717) is 5.92 Å². The molecule has 0 saturated carbocycles. The van der Waals surface area contributed by atoms with Crippen molar-refractivity contribution in [2.45, 2.75) is 39.2 Å². The van der Waals surface area contributed by atoms with Crippen molar-refractivity contribution < 1.29 is 4.74 Å². The normalized spacial score (nSPS) is 13.7. The maximum Gasteiger partial charge on any atom is 0.145 e. The molecule has 0 aliphatic rings. The second kappa shape index (κ2) is 7.23. The van der Waals surface area contributed by atoms with E-state index >= 15 is 0 Å². The molecule has 0 saturated heterocycles. The van der Waals surface area contributed by atoms with Crippen molar-refractivity contribution in [3.63, 3.8) is 0 Å². The highest BCUT2D eigenvalue weighted by atomic mass is 16.5. The van der Waals surface area contributed by atoms with Crippen molar-refractivity contribution in [1.29, 1.82) is 0 Å². The lowest BCUT2D eigenvalue weighted by Gasteiger charge is -2.16. The van der Waals surface area contributed by atoms with E-state index in [0.717, 1.165) is 23.6 Å². The van der Waals surface area contributed by atoms with E-state index in [1.54, 1.807) is 6.20 Å². The van der Waals surface area contributed by atoms with E-state index in [1.165, 1.54) is 5.56 Å². The number of hydrogen-bond acceptors (Lipinski definition) is 3. The van der Waals surface area contributed by atoms with Gasteiger partial charge in [0.15, 0.2) is 0 Å². The molecular formula is C18H24N2O. The van der Waals surface area contributed by atoms with Crippen molar-refractivity contribution in [2.24, 2.45) is 0 Å². The molecule has 2 atom stereocenters. The van der Waals surface area contributed by atoms with Gasteiger partial charge in [-0.2, -0.15) is 0 Å². The predicted molar refractivity (Wildman–Crippen MR) is 86.9 cm³/mol. The molecule has 1 N–H and O–H groups in total. The van der Waals surface area contributed by atoms with Crippen LogP contribution in [0.2, 0.25) is 0 Å². The van der Waals surface area contributed by atoms with Crippen LogP contribution in [0.1, 0.15) is 50.4 Å². The summed E-state index contributed by atoms with van der Waals surface area (Å²) in [5.41, 5.74) is 2.26. The minimum Gasteiger partial charge on any atom is -0.455 e. The summed E-state index contributed by atoms with van der Waals surface area (Å²) in [6.07, 6.45) is 2.88. The SMILES string of the molecule is CCC(C)c1ccccc1Oc1ccc(C(C)NC)nc1. The van der Waals surface area contributed by atoms with Gasteiger partial charge < -0.3 is 10.1 Å². The zero-order chi connectivity index (χ0) is 15.2. The zero-order valence-corrected chi connectivity index (χ0v) is 13.3. The van der Waals surface area contributed by atoms with Crippen LogP contribution in [-0.4, -0.2) is 12.0 Å². The Bertz CT molecular complexity index is 566. The fraction of sp³-hybridized carbons (Fsp3) is 0.389. The molecule has 3 nitrogen and oxygen atoms in total. The third kappa shape index (κ3) is 3.82. The molecule has 0 spiro atoms. The van der Waals surface area contributed by atoms with Crippen LogP contribution in [0.5, 0.6) is 11.5 Å². The fourth-order valence-corrected chi connectivity index (χ4v) is 2.18. The number of hydrogen-bond donors (Lipinski definition) is 1. The summed E-state index contributed by atoms with van der Waals surface area (Å²) in [4.78, 5) is 4.45. The van der Waals surface area contributed by atoms with Crippen LogP contribution in [-0.2, 0) is 0 Å². The summed E-state index contributed by atoms with van der Waals surface area (Å²) in [6, 6.07) is 12.4. The smallest absolute Gasteiger partial charge is 0.145 e. The van der Waals surface area contributed by atoms with E-state index in [4.69, 9.17) is 4.74 Å². The molecule has 2 aromatic rings. The second-order valence-electron chi connectivity index (χ2n) is 5.38. The Morgan fingerprint density at radius 3 is 2.52 bits per heavy atom. The van der Waals surface area contributed by atoms with Crippen LogP contribution < -0.4 is 10.1 Å². The topological polar surface area (TPSA) is 34.1 Å². The lowest BCUT2D eigenvalue weighted by Crippen LogP contribution is -2.13. The lowest BCUT2D eigenvalue weighted by atomic mass is 9.98. The highest BCUT2D eigenvalue weighted by Gasteiger charge is 2.11. The van der Waals surface area contributed by atoms with Crippen molar-refractivity contribution in [3.8, 4) is 11.5 Å². The Morgan fingerprint density at radius 2 is 1.90 bits per heavy atom. The quantitative estimate of drug-likeness (QED) is 0.837. The molecule has 3 heteroatoms. The monoisotopic (exact) mass is 284 g/mol. The summed E-state index contributed by atoms with van der Waals surface area (Å²) in [5.74, 6) is 2.18. The van der Waals surface area contributed by atoms with E-state index in [-0.39, 0.29) is 6.04 Å². The van der Waals surface area contributed by atoms with Crippen LogP contribution in [0.3, 0.4) is 0 Å². The zero-order valence-electron chi connectivity index (χ0n) is 13.3. The van der Waals surface area contributed by atoms with Crippen molar-refractivity contribution in [2.75, 3.05) is 7.05 Å². The van der Waals surface area contributed by atoms with Crippen LogP contribution in [0.25, 0.3) is 0 Å². The van der Waals surface area contributed by atoms with E-state index in [9.17, 15) is 0 Å². The average molecular weight is 284 g/mol. The number of ether oxygens (including phenoxy) is 1. The first-order valence-electron chi connectivity index (χ1n) is 7.55. The Balaban J connectivity index is 2.19. The molecule has 0 aliphatic carbocycles. The molecule has 0 bridgehead atoms. The molecule has 21 heavy (non-hydrogen) atoms. The summed E-state index contributed by atoms with van der Waals surface area (Å²) in [7, 11) is 1.93. The Hall–Kier alpha value is -1.87. The van der Waals surface area contributed by atoms with Gasteiger partial charge in [0.1, 0.15) is 11.5 Å². The maximum absolute atomic E-state index is 6.02. The minimum absolute atomic E-state index is 0.242. The van der Waals surface area contributed by atoms with E-state index < -0.39 is 0 Å². The maximum atomic E-state index is 6.02. The highest BCUT2D eigenvalue weighted by molar-refractivity contribution is 5.39. The molecule has 2 rings (SSSR count). The molecule has 1 heterocycles. The highest BCUT2D eigenvalue weighted by Crippen LogP contribution is 2.31. The van der Waals surface area contributed by atoms with Crippen LogP contribution in [0.15, 0.2) is 42.6 Å². The van der Waals surface area contributed by atoms with Gasteiger partial charge in [-0.25, -0.2) is 0 Å². The first-order valence-corrected chi connectivity index (χ1v) is 7.55. The van der Waals surface area contributed by atoms with Crippen LogP contribution in [0.4, 0.5) is 0 Å². The number of aromatic nitrogens is 1. The Morgan fingerprint density at radius 1 is 1.14 bits per heavy atom. The van der Waals surface area contributed by atoms with Crippen molar-refractivity contribution in [3.05, 3.63) is 53.9 Å². The van der Waals surface area contributed by atoms with Gasteiger partial charge in [-0.1, -0.05) is 32.0 Å². The second-order valence-corrected chi connectivity index (χ2v) is 5.38. The van der Waals surface area contributed by atoms with Crippen molar-refractivity contribution >= 4 is 0 Å². The molecule has 0 fully saturated rings. The molecule has 1 aromatic heterocycles. The summed E-state index contributed by atoms with van der Waals surface area (Å²) in [5, 5.41) is 3.18. The Labute approximate surface area is 127 Å². The fourth-order valence-electron chi connectivity index (χ4n) is 2.18. The summed E-state index contributed by atoms with van der Waals surface area (Å²) in [6.45, 7) is 6.50. The van der Waals surface area contributed by atoms with Gasteiger partial charge in [0.05, 0.1) is 11.9 Å². The molecular weight excluding hydrogens is 260 g/mol. The van der Waals surface area contributed by atoms with Gasteiger partial charge in [0.25, 0.3) is 0 Å². The van der Waals surface area contributed by atoms with Crippen molar-refractivity contribution in [1.82, 2.24) is 10.3 Å². The predicted octanol–water partition coefficient (Wildman–Crippen LogP) is 4.67. The molecule has 112 valence electrons. The molecule has 2 unspecified atom stereocenters. The first kappa shape index (κ1) is 15.5. The minimum atomic E-state index is 0.242. The summed E-state index contributed by atoms with van der Waals surface area (Å²) < 4.78 is 6.02. The molecule has 0 amide bonds. The van der Waals surface area contributed by atoms with Gasteiger partial charge >= 0.3 is 0 Å². The number of para-hydroxylation sites is 1. The summed E-state index contributed by atoms with van der Waals surface area (Å²) >= 11 is 0. The number of nitrogens with zero attached hydrogens (tertiary/aromatic N) is 1. The van der Waals surface area contributed by atoms with E-state index in [2.05, 4.69) is 43.2 Å². The number of rotatable bonds is 6. The number of pyridine rings is 1. The van der Waals surface area contributed by atoms with E-state index in [1.807, 2.05) is 31.3 Å². The van der Waals surface area contributed by atoms with Gasteiger partial charge in [0.2, 0.25) is 0 Å². The van der Waals surface area contributed by atoms with Gasteiger partial charge in [-0.15, -0.1) is 0 Å². The van der Waals surface area contributed by atoms with Gasteiger partial charge in [-0.3, -0.25) is 4.98 Å². The molecule has 0 aliphatic heterocycles. The third-order valence-electron chi connectivity index (χ3n) is 3.93. The van der Waals surface area contributed by atoms with Gasteiger partial charge in [0, 0.05) is 6.04 Å². The van der Waals surface area contributed by atoms with Gasteiger partial charge in [-0.05, 0) is 50.1 Å². The Kier molecular flexibility index (Phi) is 5.34. The van der Waals surface area contributed by atoms with Crippen LogP contribution in [0, 0.1) is 0 Å². The first-order chi connectivity index (χ1) is 10.2. The molecule has 0 radical (unpaired) electrons. The lowest BCUT2D eigenvalue weighted by molar-refractivity contribution is 0.467. The average Bonchev–Trinajstić information content (AvgIpc) is 2.54. The van der Waals surface area contributed by atoms with Crippen LogP contribution >= 0.6 is 0 Å². The number of benzene rings is 1. The largest absolute Gasteiger partial charge is 0.455 e. The standard InChI is InChI=1S/C18H24N2O/c1-5-13(2)16-8-6-7-9-18(16)21-15-10-11-17(20-12-15)14(3)19-4/h6-14,19H,5H2,1-4H3. The molecule has 1 aromatic carbocycles.